The van der Waals surface area contributed by atoms with Crippen molar-refractivity contribution in [2.45, 2.75) is 13.5 Å². The first-order valence-electron chi connectivity index (χ1n) is 4.76. The third kappa shape index (κ3) is 1.67. The third-order valence-corrected chi connectivity index (χ3v) is 2.82. The first kappa shape index (κ1) is 9.66. The molecule has 14 heavy (non-hydrogen) atoms. The molecule has 1 heterocycles. The van der Waals surface area contributed by atoms with Crippen molar-refractivity contribution in [2.75, 3.05) is 5.33 Å². The van der Waals surface area contributed by atoms with Crippen LogP contribution in [0.4, 0.5) is 0 Å². The molecule has 0 aliphatic heterocycles. The molecule has 0 aliphatic rings. The zero-order valence-corrected chi connectivity index (χ0v) is 9.79. The molecule has 2 heteroatoms. The summed E-state index contributed by atoms with van der Waals surface area (Å²) in [6.07, 6.45) is 2.15. The molecule has 0 N–H and O–H groups in total. The van der Waals surface area contributed by atoms with Crippen molar-refractivity contribution in [1.82, 2.24) is 0 Å². The number of hydrogen-bond donors (Lipinski definition) is 0. The van der Waals surface area contributed by atoms with E-state index in [1.54, 1.807) is 0 Å². The quantitative estimate of drug-likeness (QED) is 0.570. The Morgan fingerprint density at radius 1 is 1.21 bits per heavy atom. The lowest BCUT2D eigenvalue weighted by Crippen LogP contribution is -2.35. The molecule has 1 nitrogen and oxygen atoms in total. The molecule has 0 spiro atoms. The van der Waals surface area contributed by atoms with E-state index in [1.165, 1.54) is 16.5 Å². The Morgan fingerprint density at radius 2 is 2.00 bits per heavy atom. The van der Waals surface area contributed by atoms with Gasteiger partial charge in [-0.3, -0.25) is 0 Å². The van der Waals surface area contributed by atoms with Crippen LogP contribution < -0.4 is 4.57 Å². The minimum atomic E-state index is 0.991. The Hall–Kier alpha value is -0.890. The number of fused-ring (bicyclic) bond motifs is 1. The van der Waals surface area contributed by atoms with E-state index in [1.807, 2.05) is 0 Å². The molecule has 1 aromatic carbocycles. The van der Waals surface area contributed by atoms with Crippen LogP contribution in [-0.2, 0) is 6.54 Å². The second-order valence-electron chi connectivity index (χ2n) is 3.40. The summed E-state index contributed by atoms with van der Waals surface area (Å²) in [5.41, 5.74) is 2.65. The number of hydrogen-bond acceptors (Lipinski definition) is 0. The Kier molecular flexibility index (Phi) is 2.82. The van der Waals surface area contributed by atoms with Gasteiger partial charge in [-0.1, -0.05) is 28.1 Å². The van der Waals surface area contributed by atoms with Crippen molar-refractivity contribution < 1.29 is 4.57 Å². The van der Waals surface area contributed by atoms with Gasteiger partial charge in [0.25, 0.3) is 0 Å². The Balaban J connectivity index is 2.68. The minimum absolute atomic E-state index is 0.991. The number of aryl methyl sites for hydroxylation is 2. The molecule has 2 rings (SSSR count). The number of para-hydroxylation sites is 1. The van der Waals surface area contributed by atoms with E-state index in [4.69, 9.17) is 0 Å². The van der Waals surface area contributed by atoms with Crippen molar-refractivity contribution in [1.29, 1.82) is 0 Å². The van der Waals surface area contributed by atoms with Crippen LogP contribution in [0.1, 0.15) is 5.56 Å². The van der Waals surface area contributed by atoms with E-state index < -0.39 is 0 Å². The van der Waals surface area contributed by atoms with Crippen molar-refractivity contribution in [3.63, 3.8) is 0 Å². The van der Waals surface area contributed by atoms with E-state index in [0.717, 1.165) is 11.9 Å². The second-order valence-corrected chi connectivity index (χ2v) is 4.19. The summed E-state index contributed by atoms with van der Waals surface area (Å²) in [6, 6.07) is 10.7. The van der Waals surface area contributed by atoms with Crippen LogP contribution in [0.3, 0.4) is 0 Å². The molecule has 72 valence electrons. The van der Waals surface area contributed by atoms with Crippen LogP contribution in [0.5, 0.6) is 0 Å². The summed E-state index contributed by atoms with van der Waals surface area (Å²) in [6.45, 7) is 3.17. The highest BCUT2D eigenvalue weighted by Crippen LogP contribution is 2.13. The molecule has 0 unspecified atom stereocenters. The van der Waals surface area contributed by atoms with Gasteiger partial charge >= 0.3 is 0 Å². The lowest BCUT2D eigenvalue weighted by Gasteiger charge is -2.01. The summed E-state index contributed by atoms with van der Waals surface area (Å²) in [5.74, 6) is 0. The van der Waals surface area contributed by atoms with E-state index in [-0.39, 0.29) is 0 Å². The molecule has 0 radical (unpaired) electrons. The number of aromatic nitrogens is 1. The Labute approximate surface area is 92.5 Å². The minimum Gasteiger partial charge on any atom is -0.197 e. The molecule has 2 aromatic rings. The zero-order chi connectivity index (χ0) is 9.97. The van der Waals surface area contributed by atoms with E-state index >= 15 is 0 Å². The maximum absolute atomic E-state index is 3.47. The third-order valence-electron chi connectivity index (χ3n) is 2.47. The molecule has 0 fully saturated rings. The molecular weight excluding hydrogens is 238 g/mol. The van der Waals surface area contributed by atoms with Crippen molar-refractivity contribution in [3.8, 4) is 0 Å². The monoisotopic (exact) mass is 250 g/mol. The van der Waals surface area contributed by atoms with Crippen LogP contribution in [0.25, 0.3) is 10.9 Å². The largest absolute Gasteiger partial charge is 0.212 e. The summed E-state index contributed by atoms with van der Waals surface area (Å²) < 4.78 is 2.27. The normalized spacial score (nSPS) is 10.7. The van der Waals surface area contributed by atoms with Crippen LogP contribution in [0, 0.1) is 6.92 Å². The molecule has 0 amide bonds. The maximum Gasteiger partial charge on any atom is 0.212 e. The first-order chi connectivity index (χ1) is 6.83. The van der Waals surface area contributed by atoms with Crippen LogP contribution in [0.2, 0.25) is 0 Å². The fraction of sp³-hybridized carbons (Fsp3) is 0.250. The summed E-state index contributed by atoms with van der Waals surface area (Å²) in [4.78, 5) is 0. The molecule has 0 saturated heterocycles. The molecule has 0 atom stereocenters. The highest BCUT2D eigenvalue weighted by atomic mass is 79.9. The number of pyridine rings is 1. The number of alkyl halides is 1. The van der Waals surface area contributed by atoms with Gasteiger partial charge in [0.1, 0.15) is 0 Å². The number of rotatable bonds is 2. The fourth-order valence-corrected chi connectivity index (χ4v) is 2.10. The topological polar surface area (TPSA) is 3.88 Å². The first-order valence-corrected chi connectivity index (χ1v) is 5.89. The standard InChI is InChI=1S/C12H13BrN/c1-10-6-8-14(9-7-13)12-5-3-2-4-11(10)12/h2-6,8H,7,9H2,1H3/q+1. The molecule has 0 bridgehead atoms. The molecule has 0 aliphatic carbocycles. The SMILES string of the molecule is Cc1cc[n+](CCBr)c2ccccc12. The van der Waals surface area contributed by atoms with Gasteiger partial charge in [-0.2, -0.15) is 4.57 Å². The van der Waals surface area contributed by atoms with Gasteiger partial charge < -0.3 is 0 Å². The number of benzene rings is 1. The van der Waals surface area contributed by atoms with Crippen molar-refractivity contribution >= 4 is 26.8 Å². The van der Waals surface area contributed by atoms with Crippen LogP contribution in [-0.4, -0.2) is 5.33 Å². The van der Waals surface area contributed by atoms with E-state index in [2.05, 4.69) is 63.9 Å². The fourth-order valence-electron chi connectivity index (χ4n) is 1.72. The highest BCUT2D eigenvalue weighted by molar-refractivity contribution is 9.09. The van der Waals surface area contributed by atoms with Gasteiger partial charge in [0.15, 0.2) is 12.7 Å². The lowest BCUT2D eigenvalue weighted by molar-refractivity contribution is -0.666. The average molecular weight is 251 g/mol. The van der Waals surface area contributed by atoms with E-state index in [0.29, 0.717) is 0 Å². The summed E-state index contributed by atoms with van der Waals surface area (Å²) in [7, 11) is 0. The molecular formula is C12H13BrN+. The Bertz CT molecular complexity index is 451. The predicted octanol–water partition coefficient (Wildman–Crippen LogP) is 2.83. The second kappa shape index (κ2) is 4.09. The van der Waals surface area contributed by atoms with Gasteiger partial charge in [-0.15, -0.1) is 0 Å². The summed E-state index contributed by atoms with van der Waals surface area (Å²) >= 11 is 3.47. The smallest absolute Gasteiger partial charge is 0.197 e. The van der Waals surface area contributed by atoms with Crippen LogP contribution in [0.15, 0.2) is 36.5 Å². The number of halogens is 1. The lowest BCUT2D eigenvalue weighted by atomic mass is 10.1. The van der Waals surface area contributed by atoms with Crippen LogP contribution >= 0.6 is 15.9 Å². The van der Waals surface area contributed by atoms with Gasteiger partial charge in [0.05, 0.1) is 5.33 Å². The summed E-state index contributed by atoms with van der Waals surface area (Å²) in [5, 5.41) is 2.33. The average Bonchev–Trinajstić information content (AvgIpc) is 2.23. The van der Waals surface area contributed by atoms with Gasteiger partial charge in [0, 0.05) is 17.5 Å². The zero-order valence-electron chi connectivity index (χ0n) is 8.20. The Morgan fingerprint density at radius 3 is 2.79 bits per heavy atom. The van der Waals surface area contributed by atoms with Crippen molar-refractivity contribution in [2.24, 2.45) is 0 Å². The maximum atomic E-state index is 3.47. The van der Waals surface area contributed by atoms with Gasteiger partial charge in [-0.25, -0.2) is 0 Å². The van der Waals surface area contributed by atoms with Gasteiger partial charge in [-0.05, 0) is 18.6 Å². The predicted molar refractivity (Wildman–Crippen MR) is 62.7 cm³/mol. The van der Waals surface area contributed by atoms with Crippen molar-refractivity contribution in [3.05, 3.63) is 42.1 Å². The van der Waals surface area contributed by atoms with E-state index in [9.17, 15) is 0 Å². The number of nitrogens with zero attached hydrogens (tertiary/aromatic N) is 1. The van der Waals surface area contributed by atoms with Gasteiger partial charge in [0.2, 0.25) is 5.52 Å². The highest BCUT2D eigenvalue weighted by Gasteiger charge is 2.08. The molecule has 0 saturated carbocycles. The molecule has 1 aromatic heterocycles.